The lowest BCUT2D eigenvalue weighted by Crippen LogP contribution is -2.25. The number of nitrogens with zero attached hydrogens (tertiary/aromatic N) is 4. The summed E-state index contributed by atoms with van der Waals surface area (Å²) in [5.74, 6) is 1.64. The van der Waals surface area contributed by atoms with Crippen LogP contribution in [0.25, 0.3) is 26.5 Å². The molecule has 3 aliphatic rings. The minimum absolute atomic E-state index is 0.159. The van der Waals surface area contributed by atoms with Crippen LogP contribution in [0.1, 0.15) is 50.8 Å². The Balaban J connectivity index is 1.10. The summed E-state index contributed by atoms with van der Waals surface area (Å²) in [6, 6.07) is 56.3. The van der Waals surface area contributed by atoms with E-state index in [9.17, 15) is 0 Å². The molecule has 0 fully saturated rings. The number of fused-ring (bicyclic) bond motifs is 10. The number of rotatable bonds is 4. The highest BCUT2D eigenvalue weighted by Crippen LogP contribution is 2.63. The smallest absolute Gasteiger partial charge is 0.0822 e. The molecule has 0 amide bonds. The van der Waals surface area contributed by atoms with Gasteiger partial charge in [0.05, 0.1) is 18.0 Å². The molecule has 0 saturated carbocycles. The van der Waals surface area contributed by atoms with Gasteiger partial charge in [0.25, 0.3) is 0 Å². The van der Waals surface area contributed by atoms with Crippen LogP contribution < -0.4 is 4.90 Å². The summed E-state index contributed by atoms with van der Waals surface area (Å²) < 4.78 is 1.34. The molecule has 1 aromatic heterocycles. The van der Waals surface area contributed by atoms with Crippen molar-refractivity contribution in [2.24, 2.45) is 9.98 Å². The average molecular weight is 634 g/mol. The van der Waals surface area contributed by atoms with Crippen LogP contribution in [0, 0.1) is 0 Å². The highest BCUT2D eigenvalue weighted by molar-refractivity contribution is 7.19. The number of para-hydroxylation sites is 1. The van der Waals surface area contributed by atoms with E-state index in [0.29, 0.717) is 11.7 Å². The molecule has 7 aromatic rings. The summed E-state index contributed by atoms with van der Waals surface area (Å²) in [4.78, 5) is 14.0. The van der Waals surface area contributed by atoms with Crippen molar-refractivity contribution < 1.29 is 0 Å². The zero-order valence-corrected chi connectivity index (χ0v) is 26.8. The zero-order valence-electron chi connectivity index (χ0n) is 25.9. The lowest BCUT2D eigenvalue weighted by molar-refractivity contribution is 0.662. The number of amidine groups is 2. The first-order valence-corrected chi connectivity index (χ1v) is 17.2. The third kappa shape index (κ3) is 4.21. The van der Waals surface area contributed by atoms with Gasteiger partial charge < -0.3 is 15.2 Å². The topological polar surface area (TPSA) is 42.1 Å². The van der Waals surface area contributed by atoms with Crippen LogP contribution in [0.2, 0.25) is 0 Å². The number of hydrogen-bond acceptors (Lipinski definition) is 4. The van der Waals surface area contributed by atoms with Crippen molar-refractivity contribution in [1.82, 2.24) is 0 Å². The fourth-order valence-corrected chi connectivity index (χ4v) is 9.07. The number of hydrogen-bond donors (Lipinski definition) is 0. The van der Waals surface area contributed by atoms with E-state index >= 15 is 0 Å². The number of anilines is 2. The number of benzene rings is 6. The fourth-order valence-electron chi connectivity index (χ4n) is 7.72. The summed E-state index contributed by atoms with van der Waals surface area (Å²) in [5, 5.41) is 6.30. The molecule has 0 bridgehead atoms. The highest BCUT2D eigenvalue weighted by Gasteiger charge is 2.46. The third-order valence-electron chi connectivity index (χ3n) is 9.82. The van der Waals surface area contributed by atoms with Gasteiger partial charge in [0.15, 0.2) is 0 Å². The first-order valence-electron chi connectivity index (χ1n) is 16.4. The van der Waals surface area contributed by atoms with Crippen molar-refractivity contribution in [1.29, 1.82) is 0 Å². The third-order valence-corrected chi connectivity index (χ3v) is 11.1. The van der Waals surface area contributed by atoms with Crippen molar-refractivity contribution in [2.75, 3.05) is 4.90 Å². The Morgan fingerprint density at radius 2 is 1.29 bits per heavy atom. The summed E-state index contributed by atoms with van der Waals surface area (Å²) in [5.41, 5.74) is 11.0. The van der Waals surface area contributed by atoms with Crippen LogP contribution >= 0.6 is 11.3 Å². The van der Waals surface area contributed by atoms with Gasteiger partial charge >= 0.3 is 0 Å². The molecule has 0 spiro atoms. The molecule has 0 radical (unpaired) electrons. The van der Waals surface area contributed by atoms with E-state index in [-0.39, 0.29) is 18.1 Å². The molecule has 0 saturated heterocycles. The monoisotopic (exact) mass is 633 g/mol. The maximum atomic E-state index is 5.06. The van der Waals surface area contributed by atoms with Gasteiger partial charge in [-0.2, -0.15) is 0 Å². The quantitative estimate of drug-likeness (QED) is 0.190. The van der Waals surface area contributed by atoms with Crippen LogP contribution in [0.3, 0.4) is 0 Å². The molecular weight excluding hydrogens is 605 g/mol. The minimum Gasteiger partial charge on any atom is -0.438 e. The number of thiophene rings is 1. The molecule has 6 aromatic carbocycles. The Hall–Kier alpha value is -5.78. The van der Waals surface area contributed by atoms with Crippen LogP contribution in [-0.2, 0) is 0 Å². The normalized spacial score (nSPS) is 19.0. The lowest BCUT2D eigenvalue weighted by atomic mass is 9.77. The van der Waals surface area contributed by atoms with E-state index in [1.165, 1.54) is 42.9 Å². The predicted molar refractivity (Wildman–Crippen MR) is 199 cm³/mol. The maximum Gasteiger partial charge on any atom is 0.0822 e. The molecule has 3 atom stereocenters. The molecule has 228 valence electrons. The molecule has 2 aliphatic heterocycles. The molecule has 3 unspecified atom stereocenters. The van der Waals surface area contributed by atoms with Crippen LogP contribution in [0.15, 0.2) is 168 Å². The number of aliphatic imine (C=N–C) groups is 2. The van der Waals surface area contributed by atoms with Crippen molar-refractivity contribution in [2.45, 2.75) is 18.1 Å². The largest absolute Gasteiger partial charge is 0.438 e. The van der Waals surface area contributed by atoms with E-state index in [4.69, 9.17) is 15.3 Å². The Bertz CT molecular complexity index is 2390. The first-order chi connectivity index (χ1) is 23.8. The highest BCUT2D eigenvalue weighted by atomic mass is 32.1. The van der Waals surface area contributed by atoms with Gasteiger partial charge in [0, 0.05) is 37.8 Å². The van der Waals surface area contributed by atoms with E-state index in [0.717, 1.165) is 22.4 Å². The van der Waals surface area contributed by atoms with Crippen LogP contribution in [0.4, 0.5) is 11.4 Å². The molecule has 5 heteroatoms. The SMILES string of the molecule is c1ccc(C2=NC(c3ccc(N4c5ccccc5C5c6ccccc6-c6c(sc7ccccc67)C54)cc3)=NC(c3ccccc3)[N-]2)cc1. The molecule has 48 heavy (non-hydrogen) atoms. The fraction of sp³-hybridized carbons (Fsp3) is 0.0698. The summed E-state index contributed by atoms with van der Waals surface area (Å²) in [6.07, 6.45) is -0.353. The molecule has 10 rings (SSSR count). The molecule has 0 N–H and O–H groups in total. The van der Waals surface area contributed by atoms with Crippen molar-refractivity contribution in [3.63, 3.8) is 0 Å². The second kappa shape index (κ2) is 10.9. The lowest BCUT2D eigenvalue weighted by Gasteiger charge is -2.35. The van der Waals surface area contributed by atoms with Crippen molar-refractivity contribution in [3.05, 3.63) is 196 Å². The second-order valence-electron chi connectivity index (χ2n) is 12.5. The van der Waals surface area contributed by atoms with Crippen LogP contribution in [0.5, 0.6) is 0 Å². The van der Waals surface area contributed by atoms with Crippen molar-refractivity contribution in [3.8, 4) is 11.1 Å². The van der Waals surface area contributed by atoms with E-state index < -0.39 is 0 Å². The molecule has 4 nitrogen and oxygen atoms in total. The van der Waals surface area contributed by atoms with E-state index in [1.807, 2.05) is 47.7 Å². The van der Waals surface area contributed by atoms with Gasteiger partial charge in [-0.25, -0.2) is 0 Å². The Morgan fingerprint density at radius 3 is 2.12 bits per heavy atom. The standard InChI is InChI=1S/C43H29N4S/c1-3-13-27(14-4-1)41-44-42(28-15-5-2-6-16-28)46-43(45-41)29-23-25-30(26-24-29)47-35-21-11-9-19-33(35)37-31-17-7-8-18-32(31)38-34-20-10-12-22-36(34)48-40(38)39(37)47/h1-26,37,39,41H/q-1. The summed E-state index contributed by atoms with van der Waals surface area (Å²) in [6.45, 7) is 0. The van der Waals surface area contributed by atoms with Gasteiger partial charge in [-0.15, -0.1) is 11.3 Å². The van der Waals surface area contributed by atoms with Crippen molar-refractivity contribution >= 4 is 44.5 Å². The van der Waals surface area contributed by atoms with Gasteiger partial charge in [0.2, 0.25) is 0 Å². The average Bonchev–Trinajstić information content (AvgIpc) is 3.73. The Labute approximate surface area is 283 Å². The Kier molecular flexibility index (Phi) is 6.21. The van der Waals surface area contributed by atoms with Crippen LogP contribution in [-0.4, -0.2) is 11.7 Å². The van der Waals surface area contributed by atoms with Gasteiger partial charge in [-0.05, 0) is 57.6 Å². The molecular formula is C43H29N4S-. The second-order valence-corrected chi connectivity index (χ2v) is 13.6. The zero-order chi connectivity index (χ0) is 31.6. The predicted octanol–water partition coefficient (Wildman–Crippen LogP) is 11.2. The minimum atomic E-state index is -0.353. The molecule has 1 aliphatic carbocycles. The Morgan fingerprint density at radius 1 is 0.604 bits per heavy atom. The van der Waals surface area contributed by atoms with Gasteiger partial charge in [0.1, 0.15) is 0 Å². The van der Waals surface area contributed by atoms with Gasteiger partial charge in [-0.3, -0.25) is 4.99 Å². The summed E-state index contributed by atoms with van der Waals surface area (Å²) in [7, 11) is 0. The van der Waals surface area contributed by atoms with E-state index in [1.54, 1.807) is 0 Å². The van der Waals surface area contributed by atoms with Gasteiger partial charge in [-0.1, -0.05) is 139 Å². The maximum absolute atomic E-state index is 5.06. The summed E-state index contributed by atoms with van der Waals surface area (Å²) >= 11 is 1.94. The first kappa shape index (κ1) is 27.3. The molecule has 3 heterocycles. The van der Waals surface area contributed by atoms with E-state index in [2.05, 4.69) is 126 Å².